The molecular formula is C19H14N4O4S. The van der Waals surface area contributed by atoms with Crippen molar-refractivity contribution in [2.45, 2.75) is 6.92 Å². The van der Waals surface area contributed by atoms with E-state index in [1.54, 1.807) is 18.2 Å². The summed E-state index contributed by atoms with van der Waals surface area (Å²) in [5.41, 5.74) is 0.711. The third kappa shape index (κ3) is 3.23. The summed E-state index contributed by atoms with van der Waals surface area (Å²) in [5.74, 6) is 1.18. The Kier molecular flexibility index (Phi) is 4.58. The number of nitro groups is 1. The Labute approximate surface area is 162 Å². The van der Waals surface area contributed by atoms with Gasteiger partial charge in [0.1, 0.15) is 5.75 Å². The summed E-state index contributed by atoms with van der Waals surface area (Å²) in [6, 6.07) is 13.6. The number of nitro benzene ring substituents is 1. The molecule has 2 aromatic carbocycles. The number of para-hydroxylation sites is 1. The van der Waals surface area contributed by atoms with E-state index < -0.39 is 4.92 Å². The molecule has 8 nitrogen and oxygen atoms in total. The van der Waals surface area contributed by atoms with Gasteiger partial charge in [-0.25, -0.2) is 0 Å². The fourth-order valence-corrected chi connectivity index (χ4v) is 3.64. The molecule has 0 aliphatic rings. The standard InChI is InChI=1S/C19H14N4O4S/c1-2-27-14-9-7-12(8-10-14)17-20-19-22(21-17)18(24)16(28-19)11-13-5-3-4-6-15(13)23(25)26/h3-11H,2H2,1H3/b16-11+. The molecule has 0 N–H and O–H groups in total. The summed E-state index contributed by atoms with van der Waals surface area (Å²) in [5, 5.41) is 15.4. The Bertz CT molecular complexity index is 1280. The molecule has 0 spiro atoms. The van der Waals surface area contributed by atoms with Crippen LogP contribution in [0.2, 0.25) is 0 Å². The molecule has 9 heteroatoms. The van der Waals surface area contributed by atoms with Crippen LogP contribution in [-0.2, 0) is 0 Å². The van der Waals surface area contributed by atoms with Crippen molar-refractivity contribution in [3.8, 4) is 17.1 Å². The first-order valence-electron chi connectivity index (χ1n) is 8.45. The van der Waals surface area contributed by atoms with Crippen molar-refractivity contribution in [2.75, 3.05) is 6.61 Å². The molecule has 4 rings (SSSR count). The molecule has 0 aliphatic carbocycles. The van der Waals surface area contributed by atoms with Gasteiger partial charge in [0, 0.05) is 11.6 Å². The van der Waals surface area contributed by atoms with Crippen molar-refractivity contribution in [3.05, 3.63) is 79.1 Å². The number of benzene rings is 2. The number of nitrogens with zero attached hydrogens (tertiary/aromatic N) is 4. The lowest BCUT2D eigenvalue weighted by molar-refractivity contribution is -0.385. The van der Waals surface area contributed by atoms with Crippen molar-refractivity contribution in [3.63, 3.8) is 0 Å². The van der Waals surface area contributed by atoms with Gasteiger partial charge in [0.25, 0.3) is 11.2 Å². The highest BCUT2D eigenvalue weighted by Crippen LogP contribution is 2.21. The minimum atomic E-state index is -0.475. The van der Waals surface area contributed by atoms with E-state index >= 15 is 0 Å². The molecule has 0 amide bonds. The normalized spacial score (nSPS) is 11.8. The van der Waals surface area contributed by atoms with Gasteiger partial charge in [-0.05, 0) is 43.3 Å². The topological polar surface area (TPSA) is 99.6 Å². The van der Waals surface area contributed by atoms with Gasteiger partial charge in [0.05, 0.1) is 21.6 Å². The van der Waals surface area contributed by atoms with Gasteiger partial charge in [0.2, 0.25) is 4.96 Å². The molecule has 0 aliphatic heterocycles. The molecule has 0 atom stereocenters. The average molecular weight is 394 g/mol. The Balaban J connectivity index is 1.75. The quantitative estimate of drug-likeness (QED) is 0.381. The van der Waals surface area contributed by atoms with E-state index in [4.69, 9.17) is 4.74 Å². The number of thiazole rings is 1. The molecule has 28 heavy (non-hydrogen) atoms. The highest BCUT2D eigenvalue weighted by atomic mass is 32.1. The van der Waals surface area contributed by atoms with Crippen LogP contribution in [0.3, 0.4) is 0 Å². The molecule has 0 fully saturated rings. The fourth-order valence-electron chi connectivity index (χ4n) is 2.74. The van der Waals surface area contributed by atoms with Gasteiger partial charge in [-0.3, -0.25) is 14.9 Å². The van der Waals surface area contributed by atoms with Crippen molar-refractivity contribution in [1.29, 1.82) is 0 Å². The van der Waals surface area contributed by atoms with Gasteiger partial charge < -0.3 is 4.74 Å². The number of rotatable bonds is 5. The minimum Gasteiger partial charge on any atom is -0.494 e. The average Bonchev–Trinajstić information content (AvgIpc) is 3.23. The second-order valence-corrected chi connectivity index (χ2v) is 6.83. The minimum absolute atomic E-state index is 0.0593. The molecule has 2 heterocycles. The van der Waals surface area contributed by atoms with Crippen molar-refractivity contribution in [2.24, 2.45) is 0 Å². The first-order valence-corrected chi connectivity index (χ1v) is 9.26. The summed E-state index contributed by atoms with van der Waals surface area (Å²) >= 11 is 1.14. The Morgan fingerprint density at radius 3 is 2.64 bits per heavy atom. The van der Waals surface area contributed by atoms with E-state index in [1.807, 2.05) is 31.2 Å². The van der Waals surface area contributed by atoms with Gasteiger partial charge in [-0.2, -0.15) is 9.50 Å². The molecule has 4 aromatic rings. The van der Waals surface area contributed by atoms with Crippen LogP contribution in [0.1, 0.15) is 12.5 Å². The zero-order chi connectivity index (χ0) is 19.7. The monoisotopic (exact) mass is 394 g/mol. The summed E-state index contributed by atoms with van der Waals surface area (Å²) < 4.78 is 6.97. The lowest BCUT2D eigenvalue weighted by atomic mass is 10.2. The summed E-state index contributed by atoms with van der Waals surface area (Å²) in [6.45, 7) is 2.49. The second-order valence-electron chi connectivity index (χ2n) is 5.82. The Hall–Kier alpha value is -3.59. The second kappa shape index (κ2) is 7.20. The third-order valence-electron chi connectivity index (χ3n) is 4.03. The highest BCUT2D eigenvalue weighted by Gasteiger charge is 2.14. The van der Waals surface area contributed by atoms with Crippen LogP contribution in [0.5, 0.6) is 5.75 Å². The van der Waals surface area contributed by atoms with E-state index in [9.17, 15) is 14.9 Å². The zero-order valence-electron chi connectivity index (χ0n) is 14.7. The summed E-state index contributed by atoms with van der Waals surface area (Å²) in [6.07, 6.45) is 1.50. The van der Waals surface area contributed by atoms with Crippen LogP contribution < -0.4 is 14.8 Å². The van der Waals surface area contributed by atoms with Crippen molar-refractivity contribution >= 4 is 28.1 Å². The maximum atomic E-state index is 12.6. The van der Waals surface area contributed by atoms with E-state index in [2.05, 4.69) is 10.1 Å². The van der Waals surface area contributed by atoms with Crippen molar-refractivity contribution < 1.29 is 9.66 Å². The smallest absolute Gasteiger partial charge is 0.291 e. The van der Waals surface area contributed by atoms with Crippen molar-refractivity contribution in [1.82, 2.24) is 14.6 Å². The summed E-state index contributed by atoms with van der Waals surface area (Å²) in [7, 11) is 0. The maximum Gasteiger partial charge on any atom is 0.291 e. The van der Waals surface area contributed by atoms with E-state index in [-0.39, 0.29) is 11.2 Å². The number of ether oxygens (including phenoxy) is 1. The maximum absolute atomic E-state index is 12.6. The van der Waals surface area contributed by atoms with Crippen LogP contribution >= 0.6 is 11.3 Å². The van der Waals surface area contributed by atoms with Gasteiger partial charge >= 0.3 is 0 Å². The molecule has 0 radical (unpaired) electrons. The van der Waals surface area contributed by atoms with Crippen LogP contribution in [0.25, 0.3) is 22.4 Å². The number of hydrogen-bond acceptors (Lipinski definition) is 7. The predicted octanol–water partition coefficient (Wildman–Crippen LogP) is 2.67. The molecule has 0 unspecified atom stereocenters. The predicted molar refractivity (Wildman–Crippen MR) is 106 cm³/mol. The summed E-state index contributed by atoms with van der Waals surface area (Å²) in [4.78, 5) is 28.2. The van der Waals surface area contributed by atoms with Gasteiger partial charge in [-0.1, -0.05) is 23.5 Å². The fraction of sp³-hybridized carbons (Fsp3) is 0.105. The molecule has 0 saturated carbocycles. The van der Waals surface area contributed by atoms with Crippen LogP contribution in [0.15, 0.2) is 53.3 Å². The lowest BCUT2D eigenvalue weighted by Gasteiger charge is -2.02. The van der Waals surface area contributed by atoms with E-state index in [0.717, 1.165) is 22.6 Å². The van der Waals surface area contributed by atoms with Gasteiger partial charge in [-0.15, -0.1) is 5.10 Å². The van der Waals surface area contributed by atoms with E-state index in [1.165, 1.54) is 16.7 Å². The van der Waals surface area contributed by atoms with Gasteiger partial charge in [0.15, 0.2) is 5.82 Å². The zero-order valence-corrected chi connectivity index (χ0v) is 15.5. The molecule has 0 saturated heterocycles. The Morgan fingerprint density at radius 1 is 1.21 bits per heavy atom. The lowest BCUT2D eigenvalue weighted by Crippen LogP contribution is -2.23. The van der Waals surface area contributed by atoms with E-state index in [0.29, 0.717) is 27.5 Å². The SMILES string of the molecule is CCOc1ccc(-c2nc3s/c(=C/c4ccccc4[N+](=O)[O-])c(=O)n3n2)cc1. The Morgan fingerprint density at radius 2 is 1.96 bits per heavy atom. The van der Waals surface area contributed by atoms with Crippen LogP contribution in [0, 0.1) is 10.1 Å². The first kappa shape index (κ1) is 17.8. The highest BCUT2D eigenvalue weighted by molar-refractivity contribution is 7.15. The van der Waals surface area contributed by atoms with Crippen LogP contribution in [-0.4, -0.2) is 26.1 Å². The largest absolute Gasteiger partial charge is 0.494 e. The molecular weight excluding hydrogens is 380 g/mol. The first-order chi connectivity index (χ1) is 13.6. The molecule has 140 valence electrons. The molecule has 2 aromatic heterocycles. The van der Waals surface area contributed by atoms with Crippen LogP contribution in [0.4, 0.5) is 5.69 Å². The number of hydrogen-bond donors (Lipinski definition) is 0. The molecule has 0 bridgehead atoms. The number of fused-ring (bicyclic) bond motifs is 1. The third-order valence-corrected chi connectivity index (χ3v) is 4.98. The number of aromatic nitrogens is 3.